The molecule has 2 aliphatic rings. The average molecular weight is 345 g/mol. The molecule has 2 fully saturated rings. The lowest BCUT2D eigenvalue weighted by atomic mass is 9.60. The lowest BCUT2D eigenvalue weighted by Crippen LogP contribution is -2.53. The van der Waals surface area contributed by atoms with E-state index in [0.29, 0.717) is 29.8 Å². The van der Waals surface area contributed by atoms with E-state index >= 15 is 0 Å². The molecule has 4 rings (SSSR count). The van der Waals surface area contributed by atoms with Crippen LogP contribution >= 0.6 is 0 Å². The van der Waals surface area contributed by atoms with Crippen LogP contribution in [0.3, 0.4) is 0 Å². The van der Waals surface area contributed by atoms with Crippen molar-refractivity contribution in [2.75, 3.05) is 13.1 Å². The zero-order valence-corrected chi connectivity index (χ0v) is 15.4. The average Bonchev–Trinajstić information content (AvgIpc) is 3.12. The van der Waals surface area contributed by atoms with Crippen LogP contribution in [-0.4, -0.2) is 44.0 Å². The van der Waals surface area contributed by atoms with Crippen molar-refractivity contribution in [2.24, 2.45) is 12.5 Å². The molecule has 7 nitrogen and oxygen atoms in total. The molecule has 0 radical (unpaired) electrons. The first-order valence-electron chi connectivity index (χ1n) is 9.17. The van der Waals surface area contributed by atoms with E-state index in [9.17, 15) is 0 Å². The summed E-state index contributed by atoms with van der Waals surface area (Å²) in [5, 5.41) is 8.27. The van der Waals surface area contributed by atoms with Crippen LogP contribution in [0.15, 0.2) is 10.6 Å². The molecule has 136 valence electrons. The highest BCUT2D eigenvalue weighted by molar-refractivity contribution is 5.09. The standard InChI is InChI=1S/C18H27N5O2/c1-13-10-15(22(3)20-13)11-23-8-6-18(7-9-23)5-4-16(18)24-12-17-19-14(2)21-25-17/h10,16H,4-9,11-12H2,1-3H3. The van der Waals surface area contributed by atoms with Gasteiger partial charge in [-0.2, -0.15) is 10.1 Å². The predicted molar refractivity (Wildman–Crippen MR) is 91.7 cm³/mol. The van der Waals surface area contributed by atoms with Gasteiger partial charge in [0, 0.05) is 13.6 Å². The fraction of sp³-hybridized carbons (Fsp3) is 0.722. The molecule has 2 aromatic heterocycles. The summed E-state index contributed by atoms with van der Waals surface area (Å²) < 4.78 is 13.3. The van der Waals surface area contributed by atoms with Crippen LogP contribution < -0.4 is 0 Å². The second-order valence-corrected chi connectivity index (χ2v) is 7.61. The Labute approximate surface area is 148 Å². The van der Waals surface area contributed by atoms with Gasteiger partial charge in [0.05, 0.1) is 17.5 Å². The molecule has 25 heavy (non-hydrogen) atoms. The van der Waals surface area contributed by atoms with Crippen molar-refractivity contribution >= 4 is 0 Å². The van der Waals surface area contributed by atoms with Gasteiger partial charge in [-0.25, -0.2) is 0 Å². The molecule has 0 N–H and O–H groups in total. The van der Waals surface area contributed by atoms with Crippen molar-refractivity contribution in [1.29, 1.82) is 0 Å². The Kier molecular flexibility index (Phi) is 4.37. The lowest BCUT2D eigenvalue weighted by molar-refractivity contribution is -0.147. The molecule has 1 aliphatic carbocycles. The number of likely N-dealkylation sites (tertiary alicyclic amines) is 1. The fourth-order valence-electron chi connectivity index (χ4n) is 4.27. The Hall–Kier alpha value is -1.73. The molecule has 0 aromatic carbocycles. The highest BCUT2D eigenvalue weighted by atomic mass is 16.5. The predicted octanol–water partition coefficient (Wildman–Crippen LogP) is 2.38. The SMILES string of the molecule is Cc1cc(CN2CCC3(CCC3OCc3nc(C)no3)CC2)n(C)n1. The van der Waals surface area contributed by atoms with Crippen molar-refractivity contribution in [3.8, 4) is 0 Å². The van der Waals surface area contributed by atoms with E-state index in [1.165, 1.54) is 25.0 Å². The summed E-state index contributed by atoms with van der Waals surface area (Å²) in [6, 6.07) is 2.19. The van der Waals surface area contributed by atoms with E-state index < -0.39 is 0 Å². The quantitative estimate of drug-likeness (QED) is 0.829. The summed E-state index contributed by atoms with van der Waals surface area (Å²) >= 11 is 0. The third-order valence-electron chi connectivity index (χ3n) is 5.90. The summed E-state index contributed by atoms with van der Waals surface area (Å²) in [6.45, 7) is 7.56. The summed E-state index contributed by atoms with van der Waals surface area (Å²) in [5.41, 5.74) is 2.74. The van der Waals surface area contributed by atoms with Gasteiger partial charge >= 0.3 is 0 Å². The molecule has 3 heterocycles. The second kappa shape index (κ2) is 6.53. The van der Waals surface area contributed by atoms with Crippen LogP contribution in [0.2, 0.25) is 0 Å². The van der Waals surface area contributed by atoms with Crippen molar-refractivity contribution in [1.82, 2.24) is 24.8 Å². The maximum absolute atomic E-state index is 6.12. The molecular weight excluding hydrogens is 318 g/mol. The second-order valence-electron chi connectivity index (χ2n) is 7.61. The smallest absolute Gasteiger partial charge is 0.252 e. The Morgan fingerprint density at radius 2 is 2.08 bits per heavy atom. The fourth-order valence-corrected chi connectivity index (χ4v) is 4.27. The maximum atomic E-state index is 6.12. The summed E-state index contributed by atoms with van der Waals surface area (Å²) in [7, 11) is 2.03. The Morgan fingerprint density at radius 1 is 1.28 bits per heavy atom. The highest BCUT2D eigenvalue weighted by Crippen LogP contribution is 2.51. The van der Waals surface area contributed by atoms with Gasteiger partial charge in [0.1, 0.15) is 6.61 Å². The Balaban J connectivity index is 1.29. The van der Waals surface area contributed by atoms with Gasteiger partial charge in [-0.05, 0) is 64.1 Å². The van der Waals surface area contributed by atoms with Gasteiger partial charge < -0.3 is 9.26 Å². The van der Waals surface area contributed by atoms with Crippen molar-refractivity contribution in [3.05, 3.63) is 29.2 Å². The molecule has 1 atom stereocenters. The van der Waals surface area contributed by atoms with Gasteiger partial charge in [0.25, 0.3) is 5.89 Å². The first-order chi connectivity index (χ1) is 12.0. The minimum atomic E-state index is 0.334. The first kappa shape index (κ1) is 16.7. The summed E-state index contributed by atoms with van der Waals surface area (Å²) in [6.07, 6.45) is 5.17. The number of rotatable bonds is 5. The third kappa shape index (κ3) is 3.35. The monoisotopic (exact) mass is 345 g/mol. The van der Waals surface area contributed by atoms with Gasteiger partial charge in [-0.1, -0.05) is 5.16 Å². The topological polar surface area (TPSA) is 69.2 Å². The van der Waals surface area contributed by atoms with Crippen LogP contribution in [0, 0.1) is 19.3 Å². The number of aromatic nitrogens is 4. The minimum Gasteiger partial charge on any atom is -0.368 e. The van der Waals surface area contributed by atoms with Crippen LogP contribution in [0.25, 0.3) is 0 Å². The van der Waals surface area contributed by atoms with Crippen LogP contribution in [0.1, 0.15) is 48.8 Å². The number of ether oxygens (including phenoxy) is 1. The van der Waals surface area contributed by atoms with Gasteiger partial charge in [0.2, 0.25) is 0 Å². The summed E-state index contributed by atoms with van der Waals surface area (Å²) in [5.74, 6) is 1.25. The van der Waals surface area contributed by atoms with E-state index in [0.717, 1.165) is 31.7 Å². The van der Waals surface area contributed by atoms with Crippen LogP contribution in [0.5, 0.6) is 0 Å². The lowest BCUT2D eigenvalue weighted by Gasteiger charge is -2.53. The van der Waals surface area contributed by atoms with Gasteiger partial charge in [-0.15, -0.1) is 0 Å². The number of aryl methyl sites for hydroxylation is 3. The molecule has 1 saturated heterocycles. The molecule has 1 spiro atoms. The Morgan fingerprint density at radius 3 is 2.64 bits per heavy atom. The van der Waals surface area contributed by atoms with E-state index in [1.807, 2.05) is 18.7 Å². The van der Waals surface area contributed by atoms with E-state index in [1.54, 1.807) is 0 Å². The van der Waals surface area contributed by atoms with Gasteiger partial charge in [0.15, 0.2) is 5.82 Å². The van der Waals surface area contributed by atoms with Crippen molar-refractivity contribution in [2.45, 2.75) is 58.8 Å². The van der Waals surface area contributed by atoms with Crippen molar-refractivity contribution < 1.29 is 9.26 Å². The summed E-state index contributed by atoms with van der Waals surface area (Å²) in [4.78, 5) is 6.76. The third-order valence-corrected chi connectivity index (χ3v) is 5.90. The maximum Gasteiger partial charge on any atom is 0.252 e. The minimum absolute atomic E-state index is 0.334. The highest BCUT2D eigenvalue weighted by Gasteiger charge is 2.49. The molecule has 7 heteroatoms. The number of hydrogen-bond acceptors (Lipinski definition) is 6. The number of nitrogens with zero attached hydrogens (tertiary/aromatic N) is 5. The first-order valence-corrected chi connectivity index (χ1v) is 9.17. The number of piperidine rings is 1. The molecule has 1 unspecified atom stereocenters. The molecule has 0 amide bonds. The molecule has 1 aliphatic heterocycles. The van der Waals surface area contributed by atoms with Crippen LogP contribution in [-0.2, 0) is 24.9 Å². The van der Waals surface area contributed by atoms with Crippen LogP contribution in [0.4, 0.5) is 0 Å². The van der Waals surface area contributed by atoms with Gasteiger partial charge in [-0.3, -0.25) is 9.58 Å². The Bertz CT molecular complexity index is 730. The van der Waals surface area contributed by atoms with E-state index in [2.05, 4.69) is 33.1 Å². The van der Waals surface area contributed by atoms with Crippen molar-refractivity contribution in [3.63, 3.8) is 0 Å². The molecule has 2 aromatic rings. The normalized spacial score (nSPS) is 23.1. The zero-order valence-electron chi connectivity index (χ0n) is 15.4. The molecule has 1 saturated carbocycles. The van der Waals surface area contributed by atoms with E-state index in [-0.39, 0.29) is 0 Å². The largest absolute Gasteiger partial charge is 0.368 e. The van der Waals surface area contributed by atoms with E-state index in [4.69, 9.17) is 9.26 Å². The zero-order chi connectivity index (χ0) is 17.4. The molecule has 0 bridgehead atoms. The molecular formula is C18H27N5O2. The number of hydrogen-bond donors (Lipinski definition) is 0.